The van der Waals surface area contributed by atoms with Gasteiger partial charge in [-0.3, -0.25) is 0 Å². The summed E-state index contributed by atoms with van der Waals surface area (Å²) in [6.45, 7) is 4.80. The van der Waals surface area contributed by atoms with Crippen molar-refractivity contribution in [1.29, 1.82) is 0 Å². The molecule has 0 saturated carbocycles. The third-order valence-corrected chi connectivity index (χ3v) is 0.612. The van der Waals surface area contributed by atoms with Crippen molar-refractivity contribution in [2.45, 2.75) is 20.8 Å². The topological polar surface area (TPSA) is 40.1 Å². The Balaban J connectivity index is 0. The number of carboxylic acid groups (broad SMARTS) is 1. The molecular weight excluding hydrogens is 293 g/mol. The van der Waals surface area contributed by atoms with Gasteiger partial charge in [-0.05, 0) is 0 Å². The average Bonchev–Trinajstić information content (AvgIpc) is 1.31. The van der Waals surface area contributed by atoms with E-state index in [0.29, 0.717) is 0 Å². The SMILES string of the molecule is CC(C)(C)C(=O)[O-].[Hg+]. The number of hydrogen-bond donors (Lipinski definition) is 0. The Labute approximate surface area is 69.8 Å². The fourth-order valence-electron chi connectivity index (χ4n) is 0. The summed E-state index contributed by atoms with van der Waals surface area (Å²) in [5.41, 5.74) is -0.694. The zero-order chi connectivity index (χ0) is 6.08. The number of rotatable bonds is 0. The van der Waals surface area contributed by atoms with E-state index < -0.39 is 11.4 Å². The largest absolute Gasteiger partial charge is 1.00 e. The second kappa shape index (κ2) is 3.43. The molecule has 0 aromatic heterocycles. The van der Waals surface area contributed by atoms with Crippen LogP contribution >= 0.6 is 0 Å². The maximum Gasteiger partial charge on any atom is 1.00 e. The summed E-state index contributed by atoms with van der Waals surface area (Å²) in [4.78, 5) is 9.91. The van der Waals surface area contributed by atoms with Gasteiger partial charge < -0.3 is 9.90 Å². The summed E-state index contributed by atoms with van der Waals surface area (Å²) < 4.78 is 0. The molecule has 43 valence electrons. The number of aliphatic carboxylic acids is 1. The Morgan fingerprint density at radius 2 is 1.50 bits per heavy atom. The molecule has 0 atom stereocenters. The molecule has 2 nitrogen and oxygen atoms in total. The van der Waals surface area contributed by atoms with Crippen LogP contribution in [0.2, 0.25) is 0 Å². The van der Waals surface area contributed by atoms with Gasteiger partial charge in [-0.15, -0.1) is 0 Å². The Hall–Kier alpha value is 0.405. The van der Waals surface area contributed by atoms with Gasteiger partial charge in [0.05, 0.1) is 0 Å². The van der Waals surface area contributed by atoms with Crippen LogP contribution < -0.4 is 5.11 Å². The molecule has 0 spiro atoms. The summed E-state index contributed by atoms with van der Waals surface area (Å²) in [6, 6.07) is 0. The van der Waals surface area contributed by atoms with E-state index in [9.17, 15) is 9.90 Å². The summed E-state index contributed by atoms with van der Waals surface area (Å²) in [6.07, 6.45) is 0. The fourth-order valence-corrected chi connectivity index (χ4v) is 0. The average molecular weight is 302 g/mol. The minimum absolute atomic E-state index is 0. The monoisotopic (exact) mass is 303 g/mol. The van der Waals surface area contributed by atoms with Crippen LogP contribution in [0.25, 0.3) is 0 Å². The van der Waals surface area contributed by atoms with Crippen LogP contribution in [-0.2, 0) is 32.5 Å². The molecule has 0 aliphatic carbocycles. The van der Waals surface area contributed by atoms with E-state index in [4.69, 9.17) is 0 Å². The summed E-state index contributed by atoms with van der Waals surface area (Å²) in [5, 5.41) is 9.91. The molecule has 0 heterocycles. The Morgan fingerprint density at radius 1 is 1.38 bits per heavy atom. The van der Waals surface area contributed by atoms with E-state index >= 15 is 0 Å². The number of carbonyl (C=O) groups is 1. The number of hydrogen-bond acceptors (Lipinski definition) is 2. The van der Waals surface area contributed by atoms with Crippen molar-refractivity contribution in [2.24, 2.45) is 5.41 Å². The maximum absolute atomic E-state index is 9.91. The van der Waals surface area contributed by atoms with Gasteiger partial charge in [0.1, 0.15) is 0 Å². The van der Waals surface area contributed by atoms with E-state index in [2.05, 4.69) is 0 Å². The molecule has 0 unspecified atom stereocenters. The second-order valence-electron chi connectivity index (χ2n) is 2.54. The first-order valence-electron chi connectivity index (χ1n) is 2.16. The van der Waals surface area contributed by atoms with Crippen LogP contribution in [0.1, 0.15) is 20.8 Å². The van der Waals surface area contributed by atoms with Gasteiger partial charge in [-0.2, -0.15) is 0 Å². The summed E-state index contributed by atoms with van der Waals surface area (Å²) in [7, 11) is 0. The van der Waals surface area contributed by atoms with Crippen molar-refractivity contribution in [3.05, 3.63) is 0 Å². The molecule has 0 rings (SSSR count). The van der Waals surface area contributed by atoms with Crippen LogP contribution in [0.5, 0.6) is 0 Å². The van der Waals surface area contributed by atoms with E-state index in [-0.39, 0.29) is 27.7 Å². The number of carboxylic acids is 1. The van der Waals surface area contributed by atoms with Crippen molar-refractivity contribution in [3.63, 3.8) is 0 Å². The minimum Gasteiger partial charge on any atom is -0.550 e. The van der Waals surface area contributed by atoms with E-state index in [1.807, 2.05) is 0 Å². The zero-order valence-corrected chi connectivity index (χ0v) is 11.0. The second-order valence-corrected chi connectivity index (χ2v) is 2.54. The molecule has 8 heavy (non-hydrogen) atoms. The summed E-state index contributed by atoms with van der Waals surface area (Å²) in [5.74, 6) is -1.01. The van der Waals surface area contributed by atoms with Gasteiger partial charge in [0, 0.05) is 11.4 Å². The first kappa shape index (κ1) is 11.2. The molecule has 0 aromatic carbocycles. The van der Waals surface area contributed by atoms with Crippen molar-refractivity contribution in [3.8, 4) is 0 Å². The first-order chi connectivity index (χ1) is 2.94. The zero-order valence-electron chi connectivity index (χ0n) is 5.52. The molecule has 0 aliphatic heterocycles. The first-order valence-corrected chi connectivity index (χ1v) is 2.16. The molecule has 0 saturated heterocycles. The predicted molar refractivity (Wildman–Crippen MR) is 24.5 cm³/mol. The van der Waals surface area contributed by atoms with Crippen LogP contribution in [0, 0.1) is 5.41 Å². The van der Waals surface area contributed by atoms with Crippen molar-refractivity contribution >= 4 is 5.97 Å². The molecule has 0 amide bonds. The molecule has 0 N–H and O–H groups in total. The van der Waals surface area contributed by atoms with Gasteiger partial charge >= 0.3 is 27.7 Å². The van der Waals surface area contributed by atoms with Gasteiger partial charge in [-0.1, -0.05) is 20.8 Å². The molecule has 1 radical (unpaired) electrons. The number of carbonyl (C=O) groups excluding carboxylic acids is 1. The van der Waals surface area contributed by atoms with Gasteiger partial charge in [0.15, 0.2) is 0 Å². The third-order valence-electron chi connectivity index (χ3n) is 0.612. The van der Waals surface area contributed by atoms with E-state index in [1.54, 1.807) is 20.8 Å². The predicted octanol–water partition coefficient (Wildman–Crippen LogP) is -0.220. The minimum atomic E-state index is -1.01. The van der Waals surface area contributed by atoms with Crippen LogP contribution in [0.3, 0.4) is 0 Å². The quantitative estimate of drug-likeness (QED) is 0.581. The molecule has 0 bridgehead atoms. The smallest absolute Gasteiger partial charge is 0.550 e. The fraction of sp³-hybridized carbons (Fsp3) is 0.800. The molecular formula is C5H9HgO2. The van der Waals surface area contributed by atoms with Gasteiger partial charge in [0.25, 0.3) is 0 Å². The Kier molecular flexibility index (Phi) is 4.82. The molecule has 0 aliphatic rings. The van der Waals surface area contributed by atoms with Crippen LogP contribution in [0.15, 0.2) is 0 Å². The van der Waals surface area contributed by atoms with Crippen molar-refractivity contribution in [1.82, 2.24) is 0 Å². The normalized spacial score (nSPS) is 9.88. The van der Waals surface area contributed by atoms with Crippen molar-refractivity contribution in [2.75, 3.05) is 0 Å². The van der Waals surface area contributed by atoms with Crippen molar-refractivity contribution < 1.29 is 37.6 Å². The summed E-state index contributed by atoms with van der Waals surface area (Å²) >= 11 is 0. The van der Waals surface area contributed by atoms with Crippen LogP contribution in [0.4, 0.5) is 0 Å². The molecule has 0 aromatic rings. The van der Waals surface area contributed by atoms with E-state index in [0.717, 1.165) is 0 Å². The molecule has 0 fully saturated rings. The van der Waals surface area contributed by atoms with E-state index in [1.165, 1.54) is 0 Å². The maximum atomic E-state index is 9.91. The Morgan fingerprint density at radius 3 is 1.50 bits per heavy atom. The third kappa shape index (κ3) is 4.56. The Bertz CT molecular complexity index is 82.9. The van der Waals surface area contributed by atoms with Gasteiger partial charge in [-0.25, -0.2) is 0 Å². The standard InChI is InChI=1S/C5H10O2.Hg/c1-5(2,3)4(6)7;/h1-3H3,(H,6,7);/q;+1/p-1. The van der Waals surface area contributed by atoms with Crippen LogP contribution in [-0.4, -0.2) is 5.97 Å². The molecule has 3 heteroatoms. The van der Waals surface area contributed by atoms with Gasteiger partial charge in [0.2, 0.25) is 0 Å².